The summed E-state index contributed by atoms with van der Waals surface area (Å²) in [5.41, 5.74) is 1.71. The Bertz CT molecular complexity index is 387. The predicted octanol–water partition coefficient (Wildman–Crippen LogP) is 2.29. The molecule has 2 rings (SSSR count). The van der Waals surface area contributed by atoms with E-state index in [2.05, 4.69) is 21.8 Å². The van der Waals surface area contributed by atoms with Gasteiger partial charge in [-0.25, -0.2) is 9.97 Å². The zero-order chi connectivity index (χ0) is 13.0. The molecule has 0 bridgehead atoms. The standard InChI is InChI=1S/C14H23N3O/c1-3-4-12-5-7-17(8-6-12)14-15-9-13(10-18)11(2)16-14/h9,12,18H,3-8,10H2,1-2H3. The van der Waals surface area contributed by atoms with E-state index in [1.165, 1.54) is 25.7 Å². The Morgan fingerprint density at radius 3 is 2.67 bits per heavy atom. The number of anilines is 1. The number of aliphatic hydroxyl groups excluding tert-OH is 1. The second-order valence-corrected chi connectivity index (χ2v) is 5.16. The molecule has 1 saturated heterocycles. The van der Waals surface area contributed by atoms with Gasteiger partial charge in [-0.1, -0.05) is 19.8 Å². The third-order valence-corrected chi connectivity index (χ3v) is 3.83. The first-order valence-electron chi connectivity index (χ1n) is 6.93. The monoisotopic (exact) mass is 249 g/mol. The summed E-state index contributed by atoms with van der Waals surface area (Å²) in [7, 11) is 0. The minimum absolute atomic E-state index is 0.0185. The first-order chi connectivity index (χ1) is 8.74. The van der Waals surface area contributed by atoms with Crippen LogP contribution in [0.4, 0.5) is 5.95 Å². The zero-order valence-corrected chi connectivity index (χ0v) is 11.4. The van der Waals surface area contributed by atoms with Gasteiger partial charge >= 0.3 is 0 Å². The fourth-order valence-electron chi connectivity index (χ4n) is 2.62. The van der Waals surface area contributed by atoms with Crippen LogP contribution >= 0.6 is 0 Å². The molecule has 0 unspecified atom stereocenters. The smallest absolute Gasteiger partial charge is 0.225 e. The van der Waals surface area contributed by atoms with E-state index < -0.39 is 0 Å². The normalized spacial score (nSPS) is 17.2. The Morgan fingerprint density at radius 1 is 1.39 bits per heavy atom. The van der Waals surface area contributed by atoms with Crippen LogP contribution in [0, 0.1) is 12.8 Å². The number of rotatable bonds is 4. The van der Waals surface area contributed by atoms with Crippen molar-refractivity contribution in [2.24, 2.45) is 5.92 Å². The van der Waals surface area contributed by atoms with E-state index in [0.29, 0.717) is 0 Å². The van der Waals surface area contributed by atoms with Crippen molar-refractivity contribution in [1.29, 1.82) is 0 Å². The average molecular weight is 249 g/mol. The second-order valence-electron chi connectivity index (χ2n) is 5.16. The van der Waals surface area contributed by atoms with Gasteiger partial charge in [-0.15, -0.1) is 0 Å². The lowest BCUT2D eigenvalue weighted by Crippen LogP contribution is -2.35. The lowest BCUT2D eigenvalue weighted by atomic mass is 9.93. The Kier molecular flexibility index (Phi) is 4.53. The Balaban J connectivity index is 1.99. The summed E-state index contributed by atoms with van der Waals surface area (Å²) in [6, 6.07) is 0. The zero-order valence-electron chi connectivity index (χ0n) is 11.4. The molecule has 1 aromatic rings. The van der Waals surface area contributed by atoms with Gasteiger partial charge in [0, 0.05) is 30.5 Å². The van der Waals surface area contributed by atoms with Crippen LogP contribution < -0.4 is 4.90 Å². The maximum absolute atomic E-state index is 9.12. The van der Waals surface area contributed by atoms with Crippen molar-refractivity contribution < 1.29 is 5.11 Å². The van der Waals surface area contributed by atoms with Crippen LogP contribution in [0.1, 0.15) is 43.9 Å². The fourth-order valence-corrected chi connectivity index (χ4v) is 2.62. The number of aliphatic hydroxyl groups is 1. The first-order valence-corrected chi connectivity index (χ1v) is 6.93. The fraction of sp³-hybridized carbons (Fsp3) is 0.714. The minimum Gasteiger partial charge on any atom is -0.392 e. The second kappa shape index (κ2) is 6.14. The third kappa shape index (κ3) is 2.99. The number of aromatic nitrogens is 2. The van der Waals surface area contributed by atoms with Gasteiger partial charge in [-0.2, -0.15) is 0 Å². The molecule has 0 aromatic carbocycles. The summed E-state index contributed by atoms with van der Waals surface area (Å²) in [6.07, 6.45) is 6.87. The highest BCUT2D eigenvalue weighted by Crippen LogP contribution is 2.24. The summed E-state index contributed by atoms with van der Waals surface area (Å²) in [5.74, 6) is 1.70. The average Bonchev–Trinajstić information content (AvgIpc) is 2.40. The van der Waals surface area contributed by atoms with E-state index in [-0.39, 0.29) is 6.61 Å². The number of nitrogens with zero attached hydrogens (tertiary/aromatic N) is 3. The highest BCUT2D eigenvalue weighted by atomic mass is 16.3. The maximum atomic E-state index is 9.12. The molecule has 4 nitrogen and oxygen atoms in total. The molecule has 1 aliphatic heterocycles. The molecule has 1 fully saturated rings. The van der Waals surface area contributed by atoms with E-state index in [4.69, 9.17) is 5.11 Å². The van der Waals surface area contributed by atoms with Gasteiger partial charge in [-0.05, 0) is 25.7 Å². The van der Waals surface area contributed by atoms with Crippen molar-refractivity contribution in [2.75, 3.05) is 18.0 Å². The van der Waals surface area contributed by atoms with E-state index in [9.17, 15) is 0 Å². The third-order valence-electron chi connectivity index (χ3n) is 3.83. The Labute approximate surface area is 109 Å². The first kappa shape index (κ1) is 13.3. The minimum atomic E-state index is 0.0185. The number of hydrogen-bond donors (Lipinski definition) is 1. The molecule has 1 N–H and O–H groups in total. The molecule has 1 aromatic heterocycles. The molecule has 100 valence electrons. The van der Waals surface area contributed by atoms with Gasteiger partial charge < -0.3 is 10.0 Å². The maximum Gasteiger partial charge on any atom is 0.225 e. The van der Waals surface area contributed by atoms with Crippen molar-refractivity contribution in [2.45, 2.75) is 46.1 Å². The molecule has 1 aliphatic rings. The van der Waals surface area contributed by atoms with Crippen LogP contribution in [0.2, 0.25) is 0 Å². The molecule has 0 atom stereocenters. The topological polar surface area (TPSA) is 49.2 Å². The van der Waals surface area contributed by atoms with Crippen LogP contribution in [0.3, 0.4) is 0 Å². The van der Waals surface area contributed by atoms with Gasteiger partial charge in [0.25, 0.3) is 0 Å². The highest BCUT2D eigenvalue weighted by Gasteiger charge is 2.20. The lowest BCUT2D eigenvalue weighted by molar-refractivity contribution is 0.280. The van der Waals surface area contributed by atoms with Crippen molar-refractivity contribution in [3.8, 4) is 0 Å². The van der Waals surface area contributed by atoms with E-state index >= 15 is 0 Å². The van der Waals surface area contributed by atoms with Gasteiger partial charge in [0.15, 0.2) is 0 Å². The molecule has 0 aliphatic carbocycles. The summed E-state index contributed by atoms with van der Waals surface area (Å²) in [6.45, 7) is 6.32. The van der Waals surface area contributed by atoms with Crippen LogP contribution in [0.25, 0.3) is 0 Å². The van der Waals surface area contributed by atoms with Gasteiger partial charge in [0.2, 0.25) is 5.95 Å². The van der Waals surface area contributed by atoms with Crippen LogP contribution in [0.5, 0.6) is 0 Å². The van der Waals surface area contributed by atoms with Gasteiger partial charge in [0.05, 0.1) is 6.61 Å². The molecular formula is C14H23N3O. The molecule has 4 heteroatoms. The van der Waals surface area contributed by atoms with E-state index in [0.717, 1.165) is 36.2 Å². The van der Waals surface area contributed by atoms with Crippen LogP contribution in [0.15, 0.2) is 6.20 Å². The SMILES string of the molecule is CCCC1CCN(c2ncc(CO)c(C)n2)CC1. The van der Waals surface area contributed by atoms with Crippen LogP contribution in [-0.2, 0) is 6.61 Å². The van der Waals surface area contributed by atoms with Crippen molar-refractivity contribution in [3.05, 3.63) is 17.5 Å². The van der Waals surface area contributed by atoms with E-state index in [1.807, 2.05) is 6.92 Å². The summed E-state index contributed by atoms with van der Waals surface area (Å²) >= 11 is 0. The molecule has 18 heavy (non-hydrogen) atoms. The number of piperidine rings is 1. The number of hydrogen-bond acceptors (Lipinski definition) is 4. The molecular weight excluding hydrogens is 226 g/mol. The molecule has 0 amide bonds. The lowest BCUT2D eigenvalue weighted by Gasteiger charge is -2.32. The van der Waals surface area contributed by atoms with E-state index in [1.54, 1.807) is 6.20 Å². The van der Waals surface area contributed by atoms with Crippen molar-refractivity contribution in [1.82, 2.24) is 9.97 Å². The summed E-state index contributed by atoms with van der Waals surface area (Å²) < 4.78 is 0. The Hall–Kier alpha value is -1.16. The number of aryl methyl sites for hydroxylation is 1. The van der Waals surface area contributed by atoms with Crippen molar-refractivity contribution >= 4 is 5.95 Å². The highest BCUT2D eigenvalue weighted by molar-refractivity contribution is 5.33. The quantitative estimate of drug-likeness (QED) is 0.889. The predicted molar refractivity (Wildman–Crippen MR) is 72.5 cm³/mol. The summed E-state index contributed by atoms with van der Waals surface area (Å²) in [5, 5.41) is 9.12. The largest absolute Gasteiger partial charge is 0.392 e. The molecule has 0 spiro atoms. The van der Waals surface area contributed by atoms with Gasteiger partial charge in [0.1, 0.15) is 0 Å². The van der Waals surface area contributed by atoms with Crippen molar-refractivity contribution in [3.63, 3.8) is 0 Å². The summed E-state index contributed by atoms with van der Waals surface area (Å²) in [4.78, 5) is 11.1. The molecule has 2 heterocycles. The van der Waals surface area contributed by atoms with Gasteiger partial charge in [-0.3, -0.25) is 0 Å². The molecule has 0 saturated carbocycles. The van der Waals surface area contributed by atoms with Crippen LogP contribution in [-0.4, -0.2) is 28.2 Å². The Morgan fingerprint density at radius 2 is 2.11 bits per heavy atom. The molecule has 0 radical (unpaired) electrons.